The van der Waals surface area contributed by atoms with E-state index in [1.54, 1.807) is 0 Å². The Labute approximate surface area is 336 Å². The molecule has 54 heavy (non-hydrogen) atoms. The molecule has 0 aromatic carbocycles. The first-order valence-electron chi connectivity index (χ1n) is 23.8. The Morgan fingerprint density at radius 2 is 0.648 bits per heavy atom. The molecule has 6 nitrogen and oxygen atoms in total. The smallest absolute Gasteiger partial charge is 0.306 e. The van der Waals surface area contributed by atoms with Crippen molar-refractivity contribution in [3.8, 4) is 0 Å². The summed E-state index contributed by atoms with van der Waals surface area (Å²) in [7, 11) is 0. The van der Waals surface area contributed by atoms with Crippen molar-refractivity contribution in [2.45, 2.75) is 265 Å². The highest BCUT2D eigenvalue weighted by atomic mass is 16.6. The van der Waals surface area contributed by atoms with Gasteiger partial charge in [0.25, 0.3) is 0 Å². The molecule has 320 valence electrons. The summed E-state index contributed by atoms with van der Waals surface area (Å²) >= 11 is 0. The van der Waals surface area contributed by atoms with Gasteiger partial charge in [-0.2, -0.15) is 0 Å². The third-order valence-corrected chi connectivity index (χ3v) is 11.4. The summed E-state index contributed by atoms with van der Waals surface area (Å²) in [5.41, 5.74) is 0. The second-order valence-corrected chi connectivity index (χ2v) is 16.9. The second-order valence-electron chi connectivity index (χ2n) is 16.9. The number of rotatable bonds is 42. The average molecular weight is 765 g/mol. The van der Waals surface area contributed by atoms with Crippen LogP contribution in [0.25, 0.3) is 0 Å². The van der Waals surface area contributed by atoms with Gasteiger partial charge >= 0.3 is 17.9 Å². The van der Waals surface area contributed by atoms with E-state index in [0.717, 1.165) is 69.6 Å². The zero-order valence-corrected chi connectivity index (χ0v) is 36.8. The van der Waals surface area contributed by atoms with Crippen molar-refractivity contribution in [3.05, 3.63) is 0 Å². The van der Waals surface area contributed by atoms with E-state index in [9.17, 15) is 14.4 Å². The molecule has 0 radical (unpaired) electrons. The van der Waals surface area contributed by atoms with Gasteiger partial charge in [-0.3, -0.25) is 14.4 Å². The normalized spacial score (nSPS) is 13.1. The molecule has 0 aromatic rings. The number of hydrogen-bond acceptors (Lipinski definition) is 6. The lowest BCUT2D eigenvalue weighted by atomic mass is 9.99. The number of carbonyl (C=O) groups excluding carboxylic acids is 3. The van der Waals surface area contributed by atoms with Gasteiger partial charge in [-0.1, -0.05) is 221 Å². The summed E-state index contributed by atoms with van der Waals surface area (Å²) in [6, 6.07) is 0. The van der Waals surface area contributed by atoms with E-state index in [0.29, 0.717) is 19.3 Å². The average Bonchev–Trinajstić information content (AvgIpc) is 3.17. The fourth-order valence-electron chi connectivity index (χ4n) is 7.04. The number of carbonyl (C=O) groups is 3. The third-order valence-electron chi connectivity index (χ3n) is 11.4. The fraction of sp³-hybridized carbons (Fsp3) is 0.938. The van der Waals surface area contributed by atoms with Crippen molar-refractivity contribution in [2.75, 3.05) is 13.2 Å². The summed E-state index contributed by atoms with van der Waals surface area (Å²) in [6.45, 7) is 11.4. The lowest BCUT2D eigenvalue weighted by Crippen LogP contribution is -2.30. The summed E-state index contributed by atoms with van der Waals surface area (Å²) in [6.07, 6.45) is 39.3. The molecule has 0 amide bonds. The van der Waals surface area contributed by atoms with Crippen LogP contribution in [0.5, 0.6) is 0 Å². The molecule has 0 aliphatic heterocycles. The minimum absolute atomic E-state index is 0.0650. The molecular weight excluding hydrogens is 673 g/mol. The summed E-state index contributed by atoms with van der Waals surface area (Å²) in [4.78, 5) is 37.8. The van der Waals surface area contributed by atoms with Crippen LogP contribution in [0.1, 0.15) is 259 Å². The second kappa shape index (κ2) is 41.1. The quantitative estimate of drug-likeness (QED) is 0.0350. The van der Waals surface area contributed by atoms with Gasteiger partial charge < -0.3 is 14.2 Å². The molecule has 0 N–H and O–H groups in total. The van der Waals surface area contributed by atoms with Gasteiger partial charge in [0.15, 0.2) is 6.10 Å². The van der Waals surface area contributed by atoms with E-state index in [4.69, 9.17) is 14.2 Å². The van der Waals surface area contributed by atoms with Crippen LogP contribution in [0.15, 0.2) is 0 Å². The Morgan fingerprint density at radius 1 is 0.370 bits per heavy atom. The number of hydrogen-bond donors (Lipinski definition) is 0. The molecule has 0 aliphatic rings. The molecule has 0 aromatic heterocycles. The van der Waals surface area contributed by atoms with Crippen LogP contribution < -0.4 is 0 Å². The molecule has 0 rings (SSSR count). The third kappa shape index (κ3) is 38.7. The molecule has 0 fully saturated rings. The number of esters is 3. The zero-order chi connectivity index (χ0) is 39.7. The number of unbranched alkanes of at least 4 members (excludes halogenated alkanes) is 25. The van der Waals surface area contributed by atoms with Gasteiger partial charge in [0, 0.05) is 19.3 Å². The van der Waals surface area contributed by atoms with Crippen molar-refractivity contribution in [2.24, 2.45) is 11.8 Å². The molecule has 0 heterocycles. The largest absolute Gasteiger partial charge is 0.462 e. The van der Waals surface area contributed by atoms with Crippen molar-refractivity contribution < 1.29 is 28.6 Å². The van der Waals surface area contributed by atoms with E-state index >= 15 is 0 Å². The highest BCUT2D eigenvalue weighted by molar-refractivity contribution is 5.71. The first-order chi connectivity index (χ1) is 26.3. The van der Waals surface area contributed by atoms with Crippen molar-refractivity contribution >= 4 is 17.9 Å². The monoisotopic (exact) mass is 765 g/mol. The lowest BCUT2D eigenvalue weighted by Gasteiger charge is -2.18. The maximum atomic E-state index is 12.7. The van der Waals surface area contributed by atoms with E-state index in [1.807, 2.05) is 0 Å². The standard InChI is InChI=1S/C48H92O6/c1-6-9-10-11-12-13-14-15-16-23-28-33-38-46(49)52-41-45(54-48(51)40-35-30-25-20-18-22-27-32-37-44(5)8-3)42-53-47(50)39-34-29-24-19-17-21-26-31-36-43(4)7-2/h43-45H,6-42H2,1-5H3/t43?,44?,45-/m0/s1. The van der Waals surface area contributed by atoms with E-state index in [2.05, 4.69) is 34.6 Å². The van der Waals surface area contributed by atoms with Crippen LogP contribution in [0, 0.1) is 11.8 Å². The Kier molecular flexibility index (Phi) is 39.8. The van der Waals surface area contributed by atoms with Gasteiger partial charge in [-0.05, 0) is 31.1 Å². The first-order valence-corrected chi connectivity index (χ1v) is 23.8. The maximum absolute atomic E-state index is 12.7. The van der Waals surface area contributed by atoms with E-state index in [1.165, 1.54) is 148 Å². The predicted octanol–water partition coefficient (Wildman–Crippen LogP) is 15.0. The first kappa shape index (κ1) is 52.4. The molecule has 0 saturated heterocycles. The summed E-state index contributed by atoms with van der Waals surface area (Å²) < 4.78 is 16.7. The molecular formula is C48H92O6. The van der Waals surface area contributed by atoms with E-state index in [-0.39, 0.29) is 31.1 Å². The van der Waals surface area contributed by atoms with Crippen LogP contribution >= 0.6 is 0 Å². The predicted molar refractivity (Wildman–Crippen MR) is 229 cm³/mol. The fourth-order valence-corrected chi connectivity index (χ4v) is 7.04. The Balaban J connectivity index is 4.36. The van der Waals surface area contributed by atoms with Gasteiger partial charge in [-0.25, -0.2) is 0 Å². The van der Waals surface area contributed by atoms with Gasteiger partial charge in [0.1, 0.15) is 13.2 Å². The highest BCUT2D eigenvalue weighted by Crippen LogP contribution is 2.18. The highest BCUT2D eigenvalue weighted by Gasteiger charge is 2.19. The van der Waals surface area contributed by atoms with Crippen LogP contribution in [-0.2, 0) is 28.6 Å². The van der Waals surface area contributed by atoms with Gasteiger partial charge in [0.2, 0.25) is 0 Å². The van der Waals surface area contributed by atoms with Crippen molar-refractivity contribution in [1.82, 2.24) is 0 Å². The summed E-state index contributed by atoms with van der Waals surface area (Å²) in [5.74, 6) is 0.835. The molecule has 2 unspecified atom stereocenters. The van der Waals surface area contributed by atoms with Crippen molar-refractivity contribution in [3.63, 3.8) is 0 Å². The van der Waals surface area contributed by atoms with Crippen LogP contribution in [0.3, 0.4) is 0 Å². The lowest BCUT2D eigenvalue weighted by molar-refractivity contribution is -0.167. The van der Waals surface area contributed by atoms with Gasteiger partial charge in [0.05, 0.1) is 0 Å². The van der Waals surface area contributed by atoms with E-state index < -0.39 is 6.10 Å². The van der Waals surface area contributed by atoms with Crippen LogP contribution in [0.4, 0.5) is 0 Å². The molecule has 0 spiro atoms. The zero-order valence-electron chi connectivity index (χ0n) is 36.8. The van der Waals surface area contributed by atoms with Crippen molar-refractivity contribution in [1.29, 1.82) is 0 Å². The maximum Gasteiger partial charge on any atom is 0.306 e. The molecule has 6 heteroatoms. The molecule has 3 atom stereocenters. The minimum Gasteiger partial charge on any atom is -0.462 e. The Morgan fingerprint density at radius 3 is 0.963 bits per heavy atom. The van der Waals surface area contributed by atoms with Gasteiger partial charge in [-0.15, -0.1) is 0 Å². The Hall–Kier alpha value is -1.59. The number of ether oxygens (including phenoxy) is 3. The van der Waals surface area contributed by atoms with Crippen LogP contribution in [-0.4, -0.2) is 37.2 Å². The molecule has 0 saturated carbocycles. The van der Waals surface area contributed by atoms with Crippen LogP contribution in [0.2, 0.25) is 0 Å². The SMILES string of the molecule is CCCCCCCCCCCCCCC(=O)OC[C@@H](COC(=O)CCCCCCCCCCC(C)CC)OC(=O)CCCCCCCCCCC(C)CC. The molecule has 0 aliphatic carbocycles. The Bertz CT molecular complexity index is 828. The molecule has 0 bridgehead atoms. The summed E-state index contributed by atoms with van der Waals surface area (Å²) in [5, 5.41) is 0. The minimum atomic E-state index is -0.761. The topological polar surface area (TPSA) is 78.9 Å².